The molecule has 0 unspecified atom stereocenters. The molecule has 0 aliphatic carbocycles. The number of carbonyl (C=O) groups excluding carboxylic acids is 1. The Labute approximate surface area is 182 Å². The van der Waals surface area contributed by atoms with Crippen LogP contribution in [0.3, 0.4) is 0 Å². The van der Waals surface area contributed by atoms with Gasteiger partial charge in [-0.15, -0.1) is 11.3 Å². The van der Waals surface area contributed by atoms with E-state index in [1.165, 1.54) is 11.8 Å². The van der Waals surface area contributed by atoms with Crippen molar-refractivity contribution < 1.29 is 4.79 Å². The Hall–Kier alpha value is -2.97. The number of thioether (sulfide) groups is 1. The fraction of sp³-hybridized carbons (Fsp3) is 0.182. The van der Waals surface area contributed by atoms with Crippen LogP contribution in [0.4, 0.5) is 5.69 Å². The fourth-order valence-electron chi connectivity index (χ4n) is 3.12. The highest BCUT2D eigenvalue weighted by Crippen LogP contribution is 2.24. The van der Waals surface area contributed by atoms with Gasteiger partial charge in [-0.05, 0) is 38.1 Å². The minimum Gasteiger partial charge on any atom is -0.325 e. The lowest BCUT2D eigenvalue weighted by Gasteiger charge is -2.11. The summed E-state index contributed by atoms with van der Waals surface area (Å²) in [5.41, 5.74) is 3.12. The average molecular weight is 437 g/mol. The van der Waals surface area contributed by atoms with Gasteiger partial charge in [-0.3, -0.25) is 14.2 Å². The van der Waals surface area contributed by atoms with Gasteiger partial charge in [0.1, 0.15) is 0 Å². The Morgan fingerprint density at radius 3 is 2.77 bits per heavy atom. The number of amides is 1. The zero-order valence-electron chi connectivity index (χ0n) is 16.6. The predicted molar refractivity (Wildman–Crippen MR) is 123 cm³/mol. The molecule has 0 atom stereocenters. The molecule has 0 saturated carbocycles. The largest absolute Gasteiger partial charge is 0.325 e. The van der Waals surface area contributed by atoms with E-state index in [-0.39, 0.29) is 17.2 Å². The maximum absolute atomic E-state index is 12.7. The van der Waals surface area contributed by atoms with Gasteiger partial charge in [0.05, 0.1) is 27.4 Å². The number of hydrogen-bond acceptors (Lipinski definition) is 6. The number of nitrogens with one attached hydrogen (secondary N) is 1. The van der Waals surface area contributed by atoms with Crippen LogP contribution in [0.15, 0.2) is 63.9 Å². The molecule has 1 N–H and O–H groups in total. The molecule has 152 valence electrons. The van der Waals surface area contributed by atoms with Crippen molar-refractivity contribution in [1.29, 1.82) is 0 Å². The Morgan fingerprint density at radius 2 is 2.00 bits per heavy atom. The lowest BCUT2D eigenvalue weighted by atomic mass is 10.1. The molecule has 0 saturated heterocycles. The topological polar surface area (TPSA) is 76.9 Å². The first kappa shape index (κ1) is 20.3. The minimum absolute atomic E-state index is 0.0859. The number of anilines is 1. The molecular weight excluding hydrogens is 416 g/mol. The SMILES string of the molecule is CCn1c(SCC(=O)Nc2cccc(-c3csc(C)n3)c2)nc2ccccc2c1=O. The van der Waals surface area contributed by atoms with Crippen molar-refractivity contribution >= 4 is 45.6 Å². The number of benzene rings is 2. The highest BCUT2D eigenvalue weighted by molar-refractivity contribution is 7.99. The number of thiazole rings is 1. The van der Waals surface area contributed by atoms with Crippen molar-refractivity contribution in [3.63, 3.8) is 0 Å². The molecule has 2 aromatic carbocycles. The third-order valence-corrected chi connectivity index (χ3v) is 6.29. The van der Waals surface area contributed by atoms with Gasteiger partial charge in [-0.1, -0.05) is 36.0 Å². The fourth-order valence-corrected chi connectivity index (χ4v) is 4.60. The molecule has 1 amide bonds. The number of rotatable bonds is 6. The molecule has 0 aliphatic heterocycles. The molecule has 8 heteroatoms. The maximum Gasteiger partial charge on any atom is 0.262 e. The summed E-state index contributed by atoms with van der Waals surface area (Å²) < 4.78 is 1.60. The van der Waals surface area contributed by atoms with E-state index in [9.17, 15) is 9.59 Å². The molecule has 2 aromatic heterocycles. The van der Waals surface area contributed by atoms with E-state index in [1.54, 1.807) is 22.0 Å². The summed E-state index contributed by atoms with van der Waals surface area (Å²) in [4.78, 5) is 34.3. The highest BCUT2D eigenvalue weighted by Gasteiger charge is 2.12. The number of aryl methyl sites for hydroxylation is 1. The molecule has 0 radical (unpaired) electrons. The van der Waals surface area contributed by atoms with E-state index < -0.39 is 0 Å². The molecule has 30 heavy (non-hydrogen) atoms. The second kappa shape index (κ2) is 8.81. The smallest absolute Gasteiger partial charge is 0.262 e. The Bertz CT molecular complexity index is 1280. The lowest BCUT2D eigenvalue weighted by Crippen LogP contribution is -2.23. The van der Waals surface area contributed by atoms with Crippen molar-refractivity contribution in [3.8, 4) is 11.3 Å². The molecule has 0 bridgehead atoms. The Kier molecular flexibility index (Phi) is 5.96. The number of aromatic nitrogens is 3. The first-order valence-electron chi connectivity index (χ1n) is 9.50. The van der Waals surface area contributed by atoms with Gasteiger partial charge >= 0.3 is 0 Å². The summed E-state index contributed by atoms with van der Waals surface area (Å²) in [5.74, 6) is 0.00169. The van der Waals surface area contributed by atoms with E-state index in [1.807, 2.05) is 61.7 Å². The van der Waals surface area contributed by atoms with Gasteiger partial charge in [0.25, 0.3) is 5.56 Å². The zero-order chi connectivity index (χ0) is 21.1. The number of fused-ring (bicyclic) bond motifs is 1. The molecule has 6 nitrogen and oxygen atoms in total. The zero-order valence-corrected chi connectivity index (χ0v) is 18.2. The quantitative estimate of drug-likeness (QED) is 0.354. The van der Waals surface area contributed by atoms with Crippen LogP contribution in [0.2, 0.25) is 0 Å². The third kappa shape index (κ3) is 4.29. The highest BCUT2D eigenvalue weighted by atomic mass is 32.2. The lowest BCUT2D eigenvalue weighted by molar-refractivity contribution is -0.113. The van der Waals surface area contributed by atoms with Gasteiger partial charge in [-0.2, -0.15) is 0 Å². The molecule has 0 fully saturated rings. The standard InChI is InChI=1S/C22H20N4O2S2/c1-3-26-21(28)17-9-4-5-10-18(17)25-22(26)30-13-20(27)24-16-8-6-7-15(11-16)19-12-29-14(2)23-19/h4-12H,3,13H2,1-2H3,(H,24,27). The van der Waals surface area contributed by atoms with Crippen molar-refractivity contribution in [2.75, 3.05) is 11.1 Å². The summed E-state index contributed by atoms with van der Waals surface area (Å²) in [7, 11) is 0. The van der Waals surface area contributed by atoms with Crippen molar-refractivity contribution in [2.24, 2.45) is 0 Å². The first-order valence-corrected chi connectivity index (χ1v) is 11.4. The van der Waals surface area contributed by atoms with Crippen LogP contribution in [0.5, 0.6) is 0 Å². The Morgan fingerprint density at radius 1 is 1.17 bits per heavy atom. The monoisotopic (exact) mass is 436 g/mol. The van der Waals surface area contributed by atoms with E-state index in [2.05, 4.69) is 15.3 Å². The second-order valence-corrected chi connectivity index (χ2v) is 8.64. The van der Waals surface area contributed by atoms with Crippen molar-refractivity contribution in [1.82, 2.24) is 14.5 Å². The summed E-state index contributed by atoms with van der Waals surface area (Å²) >= 11 is 2.85. The molecule has 2 heterocycles. The summed E-state index contributed by atoms with van der Waals surface area (Å²) in [6, 6.07) is 14.9. The van der Waals surface area contributed by atoms with Crippen molar-refractivity contribution in [2.45, 2.75) is 25.5 Å². The van der Waals surface area contributed by atoms with Gasteiger partial charge in [0, 0.05) is 23.2 Å². The van der Waals surface area contributed by atoms with E-state index in [4.69, 9.17) is 0 Å². The van der Waals surface area contributed by atoms with Crippen molar-refractivity contribution in [3.05, 3.63) is 69.3 Å². The summed E-state index contributed by atoms with van der Waals surface area (Å²) in [5, 5.41) is 7.05. The minimum atomic E-state index is -0.156. The second-order valence-electron chi connectivity index (χ2n) is 6.63. The van der Waals surface area contributed by atoms with Crippen LogP contribution in [0.1, 0.15) is 11.9 Å². The summed E-state index contributed by atoms with van der Waals surface area (Å²) in [6.07, 6.45) is 0. The Balaban J connectivity index is 1.49. The molecule has 0 aliphatic rings. The third-order valence-electron chi connectivity index (χ3n) is 4.54. The number of para-hydroxylation sites is 1. The van der Waals surface area contributed by atoms with Gasteiger partial charge < -0.3 is 5.32 Å². The van der Waals surface area contributed by atoms with Crippen LogP contribution >= 0.6 is 23.1 Å². The van der Waals surface area contributed by atoms with E-state index in [0.29, 0.717) is 28.3 Å². The van der Waals surface area contributed by atoms with Crippen LogP contribution in [0.25, 0.3) is 22.2 Å². The number of carbonyl (C=O) groups is 1. The van der Waals surface area contributed by atoms with Gasteiger partial charge in [0.15, 0.2) is 5.16 Å². The predicted octanol–water partition coefficient (Wildman–Crippen LogP) is 4.58. The van der Waals surface area contributed by atoms with E-state index >= 15 is 0 Å². The van der Waals surface area contributed by atoms with Crippen LogP contribution in [0, 0.1) is 6.92 Å². The normalized spacial score (nSPS) is 11.0. The van der Waals surface area contributed by atoms with Gasteiger partial charge in [-0.25, -0.2) is 9.97 Å². The van der Waals surface area contributed by atoms with Crippen LogP contribution < -0.4 is 10.9 Å². The van der Waals surface area contributed by atoms with E-state index in [0.717, 1.165) is 16.3 Å². The number of hydrogen-bond donors (Lipinski definition) is 1. The summed E-state index contributed by atoms with van der Waals surface area (Å²) in [6.45, 7) is 4.36. The molecular formula is C22H20N4O2S2. The van der Waals surface area contributed by atoms with Crippen LogP contribution in [-0.2, 0) is 11.3 Å². The molecule has 0 spiro atoms. The maximum atomic E-state index is 12.7. The molecule has 4 rings (SSSR count). The van der Waals surface area contributed by atoms with Gasteiger partial charge in [0.2, 0.25) is 5.91 Å². The van der Waals surface area contributed by atoms with Crippen LogP contribution in [-0.4, -0.2) is 26.2 Å². The molecule has 4 aromatic rings. The average Bonchev–Trinajstić information content (AvgIpc) is 3.19. The number of nitrogens with zero attached hydrogens (tertiary/aromatic N) is 3. The first-order chi connectivity index (χ1) is 14.5.